The highest BCUT2D eigenvalue weighted by atomic mass is 35.5. The maximum atomic E-state index is 12.0. The highest BCUT2D eigenvalue weighted by Gasteiger charge is 2.58. The second-order valence-electron chi connectivity index (χ2n) is 7.23. The van der Waals surface area contributed by atoms with Gasteiger partial charge in [0.05, 0.1) is 5.38 Å². The number of halogens is 5. The van der Waals surface area contributed by atoms with Gasteiger partial charge < -0.3 is 4.74 Å². The van der Waals surface area contributed by atoms with Gasteiger partial charge in [0.2, 0.25) is 4.33 Å². The van der Waals surface area contributed by atoms with Crippen LogP contribution in [-0.4, -0.2) is 26.6 Å². The zero-order valence-corrected chi connectivity index (χ0v) is 20.7. The highest BCUT2D eigenvalue weighted by molar-refractivity contribution is 6.69. The number of hydrogen-bond acceptors (Lipinski definition) is 2. The lowest BCUT2D eigenvalue weighted by atomic mass is 10.0. The molecule has 0 N–H and O–H groups in total. The normalized spacial score (nSPS) is 13.4. The number of hydrogen-bond donors (Lipinski definition) is 0. The molecule has 0 rings (SSSR count). The molecule has 0 aromatic rings. The standard InChI is InChI=1S/C21H35Cl5O2/c1-3-5-6-7-8-9-10-11-12-13-14-15-16-18(22)20(23,24)21(25,26)19(27)28-17-4-2/h4,18H,2-3,5-17H2,1H3. The fourth-order valence-electron chi connectivity index (χ4n) is 2.90. The first-order valence-electron chi connectivity index (χ1n) is 10.4. The summed E-state index contributed by atoms with van der Waals surface area (Å²) in [6, 6.07) is 0. The van der Waals surface area contributed by atoms with E-state index in [1.165, 1.54) is 63.9 Å². The van der Waals surface area contributed by atoms with Gasteiger partial charge in [-0.05, 0) is 6.42 Å². The first-order chi connectivity index (χ1) is 13.2. The van der Waals surface area contributed by atoms with Crippen LogP contribution in [0.15, 0.2) is 12.7 Å². The van der Waals surface area contributed by atoms with Crippen LogP contribution in [0.1, 0.15) is 90.4 Å². The Morgan fingerprint density at radius 1 is 0.893 bits per heavy atom. The third-order valence-electron chi connectivity index (χ3n) is 4.71. The van der Waals surface area contributed by atoms with Gasteiger partial charge in [-0.2, -0.15) is 0 Å². The maximum Gasteiger partial charge on any atom is 0.346 e. The summed E-state index contributed by atoms with van der Waals surface area (Å²) in [5.41, 5.74) is 0. The third kappa shape index (κ3) is 11.2. The first-order valence-corrected chi connectivity index (χ1v) is 12.3. The second-order valence-corrected chi connectivity index (χ2v) is 10.5. The van der Waals surface area contributed by atoms with Crippen LogP contribution < -0.4 is 0 Å². The van der Waals surface area contributed by atoms with Crippen molar-refractivity contribution in [3.8, 4) is 0 Å². The van der Waals surface area contributed by atoms with E-state index in [0.29, 0.717) is 6.42 Å². The summed E-state index contributed by atoms with van der Waals surface area (Å²) in [6.07, 6.45) is 16.8. The number of esters is 1. The summed E-state index contributed by atoms with van der Waals surface area (Å²) in [6.45, 7) is 5.66. The van der Waals surface area contributed by atoms with Crippen molar-refractivity contribution in [1.82, 2.24) is 0 Å². The van der Waals surface area contributed by atoms with E-state index >= 15 is 0 Å². The Kier molecular flexibility index (Phi) is 16.8. The van der Waals surface area contributed by atoms with Crippen LogP contribution >= 0.6 is 58.0 Å². The van der Waals surface area contributed by atoms with Crippen LogP contribution in [-0.2, 0) is 9.53 Å². The lowest BCUT2D eigenvalue weighted by molar-refractivity contribution is -0.143. The number of carbonyl (C=O) groups excluding carboxylic acids is 1. The monoisotopic (exact) mass is 494 g/mol. The predicted octanol–water partition coefficient (Wildman–Crippen LogP) is 8.76. The van der Waals surface area contributed by atoms with E-state index in [2.05, 4.69) is 13.5 Å². The second kappa shape index (κ2) is 16.4. The van der Waals surface area contributed by atoms with Gasteiger partial charge >= 0.3 is 5.97 Å². The molecule has 0 aromatic heterocycles. The molecule has 28 heavy (non-hydrogen) atoms. The fraction of sp³-hybridized carbons (Fsp3) is 0.857. The maximum absolute atomic E-state index is 12.0. The molecule has 0 aliphatic rings. The average molecular weight is 497 g/mol. The number of ether oxygens (including phenoxy) is 1. The first kappa shape index (κ1) is 28.7. The minimum Gasteiger partial charge on any atom is -0.459 e. The molecule has 0 amide bonds. The Bertz CT molecular complexity index is 427. The number of rotatable bonds is 18. The van der Waals surface area contributed by atoms with Crippen molar-refractivity contribution < 1.29 is 9.53 Å². The van der Waals surface area contributed by atoms with Crippen molar-refractivity contribution in [2.75, 3.05) is 6.61 Å². The molecule has 2 nitrogen and oxygen atoms in total. The summed E-state index contributed by atoms with van der Waals surface area (Å²) in [5.74, 6) is -0.930. The lowest BCUT2D eigenvalue weighted by Crippen LogP contribution is -2.50. The molecule has 166 valence electrons. The number of carbonyl (C=O) groups is 1. The van der Waals surface area contributed by atoms with Crippen molar-refractivity contribution in [2.24, 2.45) is 0 Å². The van der Waals surface area contributed by atoms with Crippen molar-refractivity contribution in [3.63, 3.8) is 0 Å². The summed E-state index contributed by atoms with van der Waals surface area (Å²) in [7, 11) is 0. The molecule has 0 aliphatic carbocycles. The van der Waals surface area contributed by atoms with E-state index in [0.717, 1.165) is 19.3 Å². The van der Waals surface area contributed by atoms with Crippen LogP contribution in [0.4, 0.5) is 0 Å². The Morgan fingerprint density at radius 2 is 1.32 bits per heavy atom. The van der Waals surface area contributed by atoms with Crippen LogP contribution in [0, 0.1) is 0 Å². The van der Waals surface area contributed by atoms with Crippen molar-refractivity contribution in [3.05, 3.63) is 12.7 Å². The van der Waals surface area contributed by atoms with Gasteiger partial charge in [0.1, 0.15) is 6.61 Å². The van der Waals surface area contributed by atoms with Gasteiger partial charge in [-0.3, -0.25) is 0 Å². The van der Waals surface area contributed by atoms with E-state index in [1.807, 2.05) is 0 Å². The van der Waals surface area contributed by atoms with E-state index in [1.54, 1.807) is 0 Å². The molecule has 0 aliphatic heterocycles. The van der Waals surface area contributed by atoms with Crippen molar-refractivity contribution in [2.45, 2.75) is 104 Å². The lowest BCUT2D eigenvalue weighted by Gasteiger charge is -2.34. The Labute approximate surface area is 196 Å². The Hall–Kier alpha value is 0.660. The predicted molar refractivity (Wildman–Crippen MR) is 125 cm³/mol. The molecule has 0 heterocycles. The van der Waals surface area contributed by atoms with Gasteiger partial charge in [0.25, 0.3) is 0 Å². The Balaban J connectivity index is 3.93. The van der Waals surface area contributed by atoms with E-state index in [-0.39, 0.29) is 6.61 Å². The Morgan fingerprint density at radius 3 is 1.75 bits per heavy atom. The fourth-order valence-corrected chi connectivity index (χ4v) is 4.08. The van der Waals surface area contributed by atoms with E-state index in [4.69, 9.17) is 62.7 Å². The van der Waals surface area contributed by atoms with Gasteiger partial charge in [-0.15, -0.1) is 11.6 Å². The smallest absolute Gasteiger partial charge is 0.346 e. The molecular weight excluding hydrogens is 461 g/mol. The van der Waals surface area contributed by atoms with Crippen LogP contribution in [0.25, 0.3) is 0 Å². The molecule has 0 saturated carbocycles. The van der Waals surface area contributed by atoms with Crippen molar-refractivity contribution in [1.29, 1.82) is 0 Å². The van der Waals surface area contributed by atoms with Gasteiger partial charge in [-0.1, -0.05) is 143 Å². The molecule has 1 atom stereocenters. The molecule has 1 unspecified atom stereocenters. The highest BCUT2D eigenvalue weighted by Crippen LogP contribution is 2.49. The third-order valence-corrected chi connectivity index (χ3v) is 7.87. The zero-order chi connectivity index (χ0) is 21.5. The van der Waals surface area contributed by atoms with E-state index < -0.39 is 20.0 Å². The molecule has 0 spiro atoms. The summed E-state index contributed by atoms with van der Waals surface area (Å²) in [5, 5.41) is -0.773. The average Bonchev–Trinajstić information content (AvgIpc) is 2.66. The van der Waals surface area contributed by atoms with Crippen LogP contribution in [0.2, 0.25) is 0 Å². The molecule has 0 radical (unpaired) electrons. The number of unbranched alkanes of at least 4 members (excludes halogenated alkanes) is 11. The number of alkyl halides is 5. The minimum absolute atomic E-state index is 0.0322. The molecule has 7 heteroatoms. The topological polar surface area (TPSA) is 26.3 Å². The summed E-state index contributed by atoms with van der Waals surface area (Å²) < 4.78 is 0.858. The quantitative estimate of drug-likeness (QED) is 0.0820. The van der Waals surface area contributed by atoms with E-state index in [9.17, 15) is 4.79 Å². The molecule has 0 aromatic carbocycles. The molecular formula is C21H35Cl5O2. The SMILES string of the molecule is C=CCOC(=O)C(Cl)(Cl)C(Cl)(Cl)C(Cl)CCCCCCCCCCCCCC. The largest absolute Gasteiger partial charge is 0.459 e. The van der Waals surface area contributed by atoms with Crippen LogP contribution in [0.3, 0.4) is 0 Å². The van der Waals surface area contributed by atoms with Gasteiger partial charge in [0, 0.05) is 0 Å². The zero-order valence-electron chi connectivity index (χ0n) is 17.0. The molecule has 0 saturated heterocycles. The van der Waals surface area contributed by atoms with Crippen molar-refractivity contribution >= 4 is 64.0 Å². The summed E-state index contributed by atoms with van der Waals surface area (Å²) >= 11 is 30.9. The minimum atomic E-state index is -2.15. The molecule has 0 fully saturated rings. The molecule has 0 bridgehead atoms. The van der Waals surface area contributed by atoms with Gasteiger partial charge in [-0.25, -0.2) is 4.79 Å². The van der Waals surface area contributed by atoms with Gasteiger partial charge in [0.15, 0.2) is 4.33 Å². The van der Waals surface area contributed by atoms with Crippen LogP contribution in [0.5, 0.6) is 0 Å². The summed E-state index contributed by atoms with van der Waals surface area (Å²) in [4.78, 5) is 12.0.